The predicted molar refractivity (Wildman–Crippen MR) is 127 cm³/mol. The van der Waals surface area contributed by atoms with Gasteiger partial charge < -0.3 is 24.8 Å². The molecule has 2 heterocycles. The van der Waals surface area contributed by atoms with Crippen molar-refractivity contribution >= 4 is 29.9 Å². The number of hydrogen-bond donors (Lipinski definition) is 2. The highest BCUT2D eigenvalue weighted by Crippen LogP contribution is 2.34. The second-order valence-electron chi connectivity index (χ2n) is 8.43. The van der Waals surface area contributed by atoms with Crippen LogP contribution in [0.2, 0.25) is 0 Å². The second-order valence-corrected chi connectivity index (χ2v) is 8.43. The largest absolute Gasteiger partial charge is 0.381 e. The lowest BCUT2D eigenvalue weighted by Gasteiger charge is -2.47. The first-order chi connectivity index (χ1) is 13.7. The van der Waals surface area contributed by atoms with E-state index >= 15 is 0 Å². The van der Waals surface area contributed by atoms with Crippen molar-refractivity contribution in [3.05, 3.63) is 0 Å². The molecule has 0 spiro atoms. The molecule has 3 fully saturated rings. The molecule has 0 unspecified atom stereocenters. The zero-order valence-corrected chi connectivity index (χ0v) is 20.7. The molecule has 2 aliphatic heterocycles. The van der Waals surface area contributed by atoms with Crippen molar-refractivity contribution in [3.63, 3.8) is 0 Å². The van der Waals surface area contributed by atoms with Gasteiger partial charge in [0.25, 0.3) is 0 Å². The number of methoxy groups -OCH3 is 1. The number of aliphatic imine (C=N–C) groups is 1. The normalized spacial score (nSPS) is 25.1. The lowest BCUT2D eigenvalue weighted by Crippen LogP contribution is -2.57. The van der Waals surface area contributed by atoms with Gasteiger partial charge in [0.15, 0.2) is 5.96 Å². The van der Waals surface area contributed by atoms with Crippen LogP contribution in [-0.4, -0.2) is 88.3 Å². The lowest BCUT2D eigenvalue weighted by molar-refractivity contribution is -0.0855. The number of nitrogens with zero attached hydrogens (tertiary/aromatic N) is 2. The average molecular weight is 524 g/mol. The third kappa shape index (κ3) is 6.92. The lowest BCUT2D eigenvalue weighted by atomic mass is 9.80. The SMILES string of the molecule is CCNC(=NCC1(N2CCOCC2)CCCCC1)NCC1(OC)CCOCC1.I. The van der Waals surface area contributed by atoms with E-state index in [1.165, 1.54) is 32.1 Å². The number of halogens is 1. The maximum absolute atomic E-state index is 5.87. The minimum atomic E-state index is -0.152. The molecule has 3 aliphatic rings. The summed E-state index contributed by atoms with van der Waals surface area (Å²) in [6.45, 7) is 9.90. The Morgan fingerprint density at radius 2 is 1.62 bits per heavy atom. The molecule has 0 bridgehead atoms. The van der Waals surface area contributed by atoms with Gasteiger partial charge in [-0.05, 0) is 19.8 Å². The Balaban J connectivity index is 0.00000300. The van der Waals surface area contributed by atoms with E-state index in [2.05, 4.69) is 22.5 Å². The zero-order valence-electron chi connectivity index (χ0n) is 18.3. The fourth-order valence-electron chi connectivity index (χ4n) is 4.83. The minimum absolute atomic E-state index is 0. The van der Waals surface area contributed by atoms with Gasteiger partial charge in [0.2, 0.25) is 0 Å². The Kier molecular flexibility index (Phi) is 10.9. The Morgan fingerprint density at radius 3 is 2.24 bits per heavy atom. The van der Waals surface area contributed by atoms with Crippen molar-refractivity contribution in [1.82, 2.24) is 15.5 Å². The highest BCUT2D eigenvalue weighted by Gasteiger charge is 2.39. The summed E-state index contributed by atoms with van der Waals surface area (Å²) in [5.74, 6) is 0.906. The van der Waals surface area contributed by atoms with Gasteiger partial charge in [-0.15, -0.1) is 24.0 Å². The van der Waals surface area contributed by atoms with Gasteiger partial charge >= 0.3 is 0 Å². The molecule has 170 valence electrons. The van der Waals surface area contributed by atoms with Gasteiger partial charge in [-0.2, -0.15) is 0 Å². The highest BCUT2D eigenvalue weighted by molar-refractivity contribution is 14.0. The predicted octanol–water partition coefficient (Wildman–Crippen LogP) is 2.39. The Hall–Kier alpha value is -0.160. The number of hydrogen-bond acceptors (Lipinski definition) is 5. The van der Waals surface area contributed by atoms with Crippen LogP contribution in [0.1, 0.15) is 51.9 Å². The summed E-state index contributed by atoms with van der Waals surface area (Å²) in [6.07, 6.45) is 8.31. The molecule has 1 aliphatic carbocycles. The Labute approximate surface area is 193 Å². The molecule has 0 aromatic heterocycles. The quantitative estimate of drug-likeness (QED) is 0.303. The smallest absolute Gasteiger partial charge is 0.191 e. The van der Waals surface area contributed by atoms with Crippen LogP contribution in [0.3, 0.4) is 0 Å². The van der Waals surface area contributed by atoms with E-state index in [4.69, 9.17) is 19.2 Å². The van der Waals surface area contributed by atoms with Crippen molar-refractivity contribution in [2.45, 2.75) is 63.0 Å². The number of morpholine rings is 1. The van der Waals surface area contributed by atoms with Crippen molar-refractivity contribution in [2.24, 2.45) is 4.99 Å². The van der Waals surface area contributed by atoms with E-state index in [0.29, 0.717) is 0 Å². The van der Waals surface area contributed by atoms with Crippen LogP contribution in [-0.2, 0) is 14.2 Å². The molecule has 0 aromatic carbocycles. The van der Waals surface area contributed by atoms with E-state index in [1.807, 2.05) is 7.11 Å². The molecular formula is C21H41IN4O3. The first-order valence-electron chi connectivity index (χ1n) is 11.2. The van der Waals surface area contributed by atoms with Crippen LogP contribution >= 0.6 is 24.0 Å². The first-order valence-corrected chi connectivity index (χ1v) is 11.2. The summed E-state index contributed by atoms with van der Waals surface area (Å²) in [4.78, 5) is 7.71. The van der Waals surface area contributed by atoms with Gasteiger partial charge in [-0.25, -0.2) is 0 Å². The second kappa shape index (κ2) is 12.6. The molecular weight excluding hydrogens is 483 g/mol. The average Bonchev–Trinajstić information content (AvgIpc) is 2.77. The molecule has 29 heavy (non-hydrogen) atoms. The molecule has 0 radical (unpaired) electrons. The van der Waals surface area contributed by atoms with Crippen LogP contribution in [0.25, 0.3) is 0 Å². The number of ether oxygens (including phenoxy) is 3. The van der Waals surface area contributed by atoms with E-state index in [9.17, 15) is 0 Å². The fourth-order valence-corrected chi connectivity index (χ4v) is 4.83. The van der Waals surface area contributed by atoms with Crippen molar-refractivity contribution in [1.29, 1.82) is 0 Å². The standard InChI is InChI=1S/C21H40N4O3.HI/c1-3-22-19(24-18-21(26-2)9-13-27-14-10-21)23-17-20(7-5-4-6-8-20)25-11-15-28-16-12-25;/h3-18H2,1-2H3,(H2,22,23,24);1H. The van der Waals surface area contributed by atoms with Crippen LogP contribution in [0.5, 0.6) is 0 Å². The van der Waals surface area contributed by atoms with Crippen molar-refractivity contribution in [2.75, 3.05) is 66.3 Å². The minimum Gasteiger partial charge on any atom is -0.381 e. The molecule has 0 aromatic rings. The monoisotopic (exact) mass is 524 g/mol. The molecule has 1 saturated carbocycles. The summed E-state index contributed by atoms with van der Waals surface area (Å²) in [6, 6.07) is 0. The topological polar surface area (TPSA) is 67.4 Å². The van der Waals surface area contributed by atoms with Crippen LogP contribution < -0.4 is 10.6 Å². The first kappa shape index (κ1) is 25.1. The zero-order chi connectivity index (χ0) is 19.7. The molecule has 7 nitrogen and oxygen atoms in total. The summed E-state index contributed by atoms with van der Waals surface area (Å²) < 4.78 is 17.0. The molecule has 0 atom stereocenters. The molecule has 3 rings (SSSR count). The van der Waals surface area contributed by atoms with Gasteiger partial charge in [0.05, 0.1) is 25.4 Å². The van der Waals surface area contributed by atoms with Gasteiger partial charge in [-0.3, -0.25) is 9.89 Å². The van der Waals surface area contributed by atoms with Gasteiger partial charge in [-0.1, -0.05) is 19.3 Å². The summed E-state index contributed by atoms with van der Waals surface area (Å²) in [5, 5.41) is 6.99. The third-order valence-corrected chi connectivity index (χ3v) is 6.76. The molecule has 8 heteroatoms. The van der Waals surface area contributed by atoms with Crippen LogP contribution in [0.15, 0.2) is 4.99 Å². The summed E-state index contributed by atoms with van der Waals surface area (Å²) in [7, 11) is 1.81. The van der Waals surface area contributed by atoms with Gasteiger partial charge in [0.1, 0.15) is 0 Å². The van der Waals surface area contributed by atoms with Crippen molar-refractivity contribution in [3.8, 4) is 0 Å². The van der Waals surface area contributed by atoms with E-state index in [0.717, 1.165) is 78.0 Å². The maximum atomic E-state index is 5.87. The summed E-state index contributed by atoms with van der Waals surface area (Å²) >= 11 is 0. The van der Waals surface area contributed by atoms with E-state index in [-0.39, 0.29) is 35.1 Å². The van der Waals surface area contributed by atoms with Crippen molar-refractivity contribution < 1.29 is 14.2 Å². The molecule has 0 amide bonds. The Bertz CT molecular complexity index is 488. The number of rotatable bonds is 7. The van der Waals surface area contributed by atoms with E-state index < -0.39 is 0 Å². The van der Waals surface area contributed by atoms with E-state index in [1.54, 1.807) is 0 Å². The summed E-state index contributed by atoms with van der Waals surface area (Å²) in [5.41, 5.74) is 0.0448. The Morgan fingerprint density at radius 1 is 0.966 bits per heavy atom. The maximum Gasteiger partial charge on any atom is 0.191 e. The highest BCUT2D eigenvalue weighted by atomic mass is 127. The van der Waals surface area contributed by atoms with Crippen LogP contribution in [0.4, 0.5) is 0 Å². The number of nitrogens with one attached hydrogen (secondary N) is 2. The number of guanidine groups is 1. The van der Waals surface area contributed by atoms with Gasteiger partial charge in [0, 0.05) is 64.9 Å². The molecule has 2 N–H and O–H groups in total. The fraction of sp³-hybridized carbons (Fsp3) is 0.952. The third-order valence-electron chi connectivity index (χ3n) is 6.76. The molecule has 2 saturated heterocycles. The van der Waals surface area contributed by atoms with Crippen LogP contribution in [0, 0.1) is 0 Å².